The first-order chi connectivity index (χ1) is 33.6. The lowest BCUT2D eigenvalue weighted by Gasteiger charge is -2.39. The molecule has 69 heavy (non-hydrogen) atoms. The van der Waals surface area contributed by atoms with Gasteiger partial charge >= 0.3 is 0 Å². The fourth-order valence-corrected chi connectivity index (χ4v) is 15.0. The van der Waals surface area contributed by atoms with E-state index in [1.807, 2.05) is 66.2 Å². The van der Waals surface area contributed by atoms with E-state index in [4.69, 9.17) is 15.0 Å². The van der Waals surface area contributed by atoms with Crippen molar-refractivity contribution in [3.05, 3.63) is 186 Å². The van der Waals surface area contributed by atoms with Crippen LogP contribution in [0.4, 0.5) is 0 Å². The number of rotatable bonds is 5. The molecule has 0 amide bonds. The first-order valence-corrected chi connectivity index (χ1v) is 25.5. The molecule has 0 N–H and O–H groups in total. The van der Waals surface area contributed by atoms with Gasteiger partial charge in [-0.15, -0.1) is 23.1 Å². The molecule has 8 aromatic heterocycles. The zero-order valence-corrected chi connectivity index (χ0v) is 41.1. The molecule has 2 aliphatic heterocycles. The Morgan fingerprint density at radius 2 is 1.39 bits per heavy atom. The fourth-order valence-electron chi connectivity index (χ4n) is 12.4. The van der Waals surface area contributed by atoms with Crippen LogP contribution in [0, 0.1) is 26.2 Å². The highest BCUT2D eigenvalue weighted by Crippen LogP contribution is 2.58. The Labute approximate surface area is 408 Å². The van der Waals surface area contributed by atoms with Crippen molar-refractivity contribution in [1.29, 1.82) is 0 Å². The third-order valence-corrected chi connectivity index (χ3v) is 18.5. The van der Waals surface area contributed by atoms with Crippen LogP contribution in [0.1, 0.15) is 61.7 Å². The maximum Gasteiger partial charge on any atom is 0.146 e. The zero-order chi connectivity index (χ0) is 46.6. The average Bonchev–Trinajstić information content (AvgIpc) is 4.18. The minimum absolute atomic E-state index is 0.146. The normalized spacial score (nSPS) is 18.9. The number of fused-ring (bicyclic) bond motifs is 12. The quantitative estimate of drug-likeness (QED) is 0.171. The summed E-state index contributed by atoms with van der Waals surface area (Å²) in [4.78, 5) is 23.5. The number of allylic oxidation sites excluding steroid dienone is 4. The molecule has 8 nitrogen and oxygen atoms in total. The first-order valence-electron chi connectivity index (χ1n) is 23.8. The molecule has 10 heteroatoms. The number of hydrogen-bond donors (Lipinski definition) is 0. The molecule has 3 aliphatic rings. The lowest BCUT2D eigenvalue weighted by molar-refractivity contribution is 0.246. The van der Waals surface area contributed by atoms with Gasteiger partial charge in [0.25, 0.3) is 0 Å². The van der Waals surface area contributed by atoms with Crippen LogP contribution in [0.15, 0.2) is 163 Å². The molecule has 1 aliphatic carbocycles. The highest BCUT2D eigenvalue weighted by Gasteiger charge is 2.49. The highest BCUT2D eigenvalue weighted by atomic mass is 32.2. The van der Waals surface area contributed by atoms with Gasteiger partial charge in [-0.3, -0.25) is 19.1 Å². The largest absolute Gasteiger partial charge is 0.342 e. The molecular formula is C59H48N8S2. The second kappa shape index (κ2) is 14.6. The van der Waals surface area contributed by atoms with E-state index in [0.29, 0.717) is 0 Å². The van der Waals surface area contributed by atoms with Gasteiger partial charge in [-0.05, 0) is 130 Å². The molecule has 0 fully saturated rings. The predicted octanol–water partition coefficient (Wildman–Crippen LogP) is 14.7. The van der Waals surface area contributed by atoms with Crippen molar-refractivity contribution < 1.29 is 0 Å². The molecule has 3 aromatic carbocycles. The summed E-state index contributed by atoms with van der Waals surface area (Å²) in [6.07, 6.45) is 14.7. The van der Waals surface area contributed by atoms with Crippen LogP contribution in [0.3, 0.4) is 0 Å². The summed E-state index contributed by atoms with van der Waals surface area (Å²) in [5.74, 6) is 0.187. The van der Waals surface area contributed by atoms with Gasteiger partial charge in [-0.25, -0.2) is 9.97 Å². The average molecular weight is 933 g/mol. The molecule has 0 bridgehead atoms. The van der Waals surface area contributed by atoms with Crippen molar-refractivity contribution in [2.45, 2.75) is 70.6 Å². The van der Waals surface area contributed by atoms with Crippen molar-refractivity contribution in [3.8, 4) is 11.4 Å². The van der Waals surface area contributed by atoms with E-state index in [9.17, 15) is 0 Å². The standard InChI is InChI=1S/C59H48N8S2/c1-32-33(2)64(34(3)53(32)66-46-22-26-60-31-45(46)41-17-12-24-62-57(41)66)48-29-37(27-43-39-15-8-10-20-50(39)68-54(43)48)38-28-44-40-16-9-11-21-51(40)69-55(44)49(30-38)65-35(4)56(59(6,7)36(65)5)67-47-19-14-23-61-52(47)42-18-13-25-63-58(42)67/h8-31,36,44,55H,1-7H3. The summed E-state index contributed by atoms with van der Waals surface area (Å²) in [6, 6.07) is 37.8. The zero-order valence-electron chi connectivity index (χ0n) is 39.5. The smallest absolute Gasteiger partial charge is 0.146 e. The number of thioether (sulfide) groups is 1. The summed E-state index contributed by atoms with van der Waals surface area (Å²) in [5.41, 5.74) is 18.5. The van der Waals surface area contributed by atoms with Crippen molar-refractivity contribution in [2.75, 3.05) is 0 Å². The number of pyridine rings is 4. The maximum absolute atomic E-state index is 5.03. The Hall–Kier alpha value is -7.27. The third kappa shape index (κ3) is 5.52. The summed E-state index contributed by atoms with van der Waals surface area (Å²) in [7, 11) is 0. The molecular weight excluding hydrogens is 885 g/mol. The van der Waals surface area contributed by atoms with Crippen LogP contribution < -0.4 is 0 Å². The molecule has 0 spiro atoms. The summed E-state index contributed by atoms with van der Waals surface area (Å²) in [5, 5.41) is 6.05. The van der Waals surface area contributed by atoms with Crippen LogP contribution in [0.25, 0.3) is 86.8 Å². The van der Waals surface area contributed by atoms with E-state index in [1.165, 1.54) is 81.5 Å². The van der Waals surface area contributed by atoms with Crippen molar-refractivity contribution in [3.63, 3.8) is 0 Å². The van der Waals surface area contributed by atoms with Gasteiger partial charge in [-0.1, -0.05) is 56.3 Å². The molecule has 0 saturated heterocycles. The van der Waals surface area contributed by atoms with Crippen molar-refractivity contribution in [2.24, 2.45) is 5.41 Å². The van der Waals surface area contributed by atoms with Crippen molar-refractivity contribution >= 4 is 98.5 Å². The van der Waals surface area contributed by atoms with Crippen LogP contribution in [0.5, 0.6) is 0 Å². The van der Waals surface area contributed by atoms with Gasteiger partial charge in [0.15, 0.2) is 0 Å². The summed E-state index contributed by atoms with van der Waals surface area (Å²) >= 11 is 3.90. The minimum atomic E-state index is -0.243. The Balaban J connectivity index is 1.01. The molecule has 11 aromatic rings. The lowest BCUT2D eigenvalue weighted by atomic mass is 9.82. The second-order valence-electron chi connectivity index (χ2n) is 19.6. The first kappa shape index (κ1) is 40.8. The minimum Gasteiger partial charge on any atom is -0.342 e. The van der Waals surface area contributed by atoms with Crippen LogP contribution in [-0.2, 0) is 0 Å². The highest BCUT2D eigenvalue weighted by molar-refractivity contribution is 8.00. The van der Waals surface area contributed by atoms with Crippen LogP contribution in [-0.4, -0.2) is 49.8 Å². The van der Waals surface area contributed by atoms with Gasteiger partial charge in [0.05, 0.1) is 43.6 Å². The maximum atomic E-state index is 5.03. The second-order valence-corrected chi connectivity index (χ2v) is 21.9. The number of thiophene rings is 1. The summed E-state index contributed by atoms with van der Waals surface area (Å²) in [6.45, 7) is 16.4. The van der Waals surface area contributed by atoms with E-state index in [0.717, 1.165) is 49.7 Å². The van der Waals surface area contributed by atoms with Gasteiger partial charge in [0, 0.05) is 108 Å². The Bertz CT molecular complexity index is 4030. The number of benzene rings is 3. The van der Waals surface area contributed by atoms with E-state index >= 15 is 0 Å². The number of hydrogen-bond acceptors (Lipinski definition) is 7. The van der Waals surface area contributed by atoms with E-state index in [1.54, 1.807) is 0 Å². The summed E-state index contributed by atoms with van der Waals surface area (Å²) < 4.78 is 9.85. The molecule has 0 radical (unpaired) electrons. The number of nitrogens with zero attached hydrogens (tertiary/aromatic N) is 8. The monoisotopic (exact) mass is 932 g/mol. The van der Waals surface area contributed by atoms with Gasteiger partial charge in [0.1, 0.15) is 11.3 Å². The van der Waals surface area contributed by atoms with Crippen LogP contribution in [0.2, 0.25) is 0 Å². The van der Waals surface area contributed by atoms with Gasteiger partial charge in [-0.2, -0.15) is 0 Å². The predicted molar refractivity (Wildman–Crippen MR) is 287 cm³/mol. The molecule has 0 saturated carbocycles. The molecule has 14 rings (SSSR count). The fraction of sp³-hybridized carbons (Fsp3) is 0.186. The molecule has 3 atom stereocenters. The Morgan fingerprint density at radius 3 is 2.25 bits per heavy atom. The SMILES string of the molecule is CC1=C(n2c3cccnc3c3cccnc32)C(C)(C)C(C)N1C1=CC(c2cc(-n3c(C)c(C)c(-n4c5ccncc5c5cccnc54)c3C)c3sc4ccccc4c3c2)=CC2c3ccccc3SC12. The van der Waals surface area contributed by atoms with Gasteiger partial charge < -0.3 is 9.47 Å². The number of aromatic nitrogens is 7. The Morgan fingerprint density at radius 1 is 0.652 bits per heavy atom. The van der Waals surface area contributed by atoms with Gasteiger partial charge in [0.2, 0.25) is 0 Å². The van der Waals surface area contributed by atoms with E-state index in [-0.39, 0.29) is 22.6 Å². The van der Waals surface area contributed by atoms with Crippen molar-refractivity contribution in [1.82, 2.24) is 38.5 Å². The molecule has 10 heterocycles. The molecule has 3 unspecified atom stereocenters. The van der Waals surface area contributed by atoms with E-state index in [2.05, 4.69) is 175 Å². The van der Waals surface area contributed by atoms with Crippen LogP contribution >= 0.6 is 23.1 Å². The third-order valence-electron chi connectivity index (χ3n) is 15.8. The Kier molecular flexibility index (Phi) is 8.64. The molecule has 336 valence electrons. The van der Waals surface area contributed by atoms with E-state index < -0.39 is 0 Å². The topological polar surface area (TPSA) is 69.6 Å². The lowest BCUT2D eigenvalue weighted by Crippen LogP contribution is -2.39.